The van der Waals surface area contributed by atoms with Gasteiger partial charge in [-0.15, -0.1) is 0 Å². The summed E-state index contributed by atoms with van der Waals surface area (Å²) in [6.07, 6.45) is 10.3. The topological polar surface area (TPSA) is 41.5 Å². The third kappa shape index (κ3) is 2.25. The van der Waals surface area contributed by atoms with Crippen LogP contribution < -0.4 is 5.32 Å². The lowest BCUT2D eigenvalue weighted by Crippen LogP contribution is -2.34. The van der Waals surface area contributed by atoms with Gasteiger partial charge in [0.15, 0.2) is 0 Å². The van der Waals surface area contributed by atoms with Gasteiger partial charge in [-0.05, 0) is 45.1 Å². The lowest BCUT2D eigenvalue weighted by Gasteiger charge is -2.30. The van der Waals surface area contributed by atoms with Gasteiger partial charge in [-0.3, -0.25) is 0 Å². The maximum atomic E-state index is 9.64. The first-order chi connectivity index (χ1) is 8.26. The lowest BCUT2D eigenvalue weighted by atomic mass is 9.81. The number of aliphatic hydroxyl groups excluding tert-OH is 1. The lowest BCUT2D eigenvalue weighted by molar-refractivity contribution is -0.0572. The second-order valence-corrected chi connectivity index (χ2v) is 6.46. The zero-order valence-corrected chi connectivity index (χ0v) is 10.7. The van der Waals surface area contributed by atoms with Crippen LogP contribution in [0.25, 0.3) is 0 Å². The fraction of sp³-hybridized carbons (Fsp3) is 1.00. The summed E-state index contributed by atoms with van der Waals surface area (Å²) >= 11 is 0. The maximum absolute atomic E-state index is 9.64. The fourth-order valence-electron chi connectivity index (χ4n) is 4.08. The Kier molecular flexibility index (Phi) is 3.18. The smallest absolute Gasteiger partial charge is 0.0687 e. The number of nitrogens with one attached hydrogen (secondary N) is 1. The SMILES string of the molecule is OCC1(CC2CCC3(CCCC3)O2)CCNC1. The Morgan fingerprint density at radius 2 is 2.00 bits per heavy atom. The van der Waals surface area contributed by atoms with E-state index in [1.54, 1.807) is 0 Å². The summed E-state index contributed by atoms with van der Waals surface area (Å²) in [5.41, 5.74) is 0.349. The maximum Gasteiger partial charge on any atom is 0.0687 e. The summed E-state index contributed by atoms with van der Waals surface area (Å²) in [5, 5.41) is 13.0. The van der Waals surface area contributed by atoms with Crippen LogP contribution in [0.4, 0.5) is 0 Å². The molecule has 3 aliphatic rings. The van der Waals surface area contributed by atoms with Crippen molar-refractivity contribution >= 4 is 0 Å². The minimum Gasteiger partial charge on any atom is -0.396 e. The summed E-state index contributed by atoms with van der Waals surface area (Å²) < 4.78 is 6.36. The summed E-state index contributed by atoms with van der Waals surface area (Å²) in [5.74, 6) is 0. The molecule has 0 aromatic heterocycles. The molecular weight excluding hydrogens is 214 g/mol. The Morgan fingerprint density at radius 1 is 1.18 bits per heavy atom. The standard InChI is InChI=1S/C14H25NO2/c16-11-13(7-8-15-10-13)9-12-3-6-14(17-12)4-1-2-5-14/h12,15-16H,1-11H2. The normalized spacial score (nSPS) is 40.4. The molecule has 2 heterocycles. The van der Waals surface area contributed by atoms with E-state index in [4.69, 9.17) is 4.74 Å². The van der Waals surface area contributed by atoms with Crippen molar-refractivity contribution in [3.63, 3.8) is 0 Å². The van der Waals surface area contributed by atoms with Gasteiger partial charge < -0.3 is 15.2 Å². The molecule has 2 atom stereocenters. The number of hydrogen-bond donors (Lipinski definition) is 2. The number of ether oxygens (including phenoxy) is 1. The highest BCUT2D eigenvalue weighted by atomic mass is 16.5. The third-order valence-corrected chi connectivity index (χ3v) is 5.18. The van der Waals surface area contributed by atoms with Gasteiger partial charge >= 0.3 is 0 Å². The van der Waals surface area contributed by atoms with Crippen molar-refractivity contribution < 1.29 is 9.84 Å². The van der Waals surface area contributed by atoms with Gasteiger partial charge in [0.05, 0.1) is 18.3 Å². The van der Waals surface area contributed by atoms with Crippen molar-refractivity contribution in [1.29, 1.82) is 0 Å². The van der Waals surface area contributed by atoms with Gasteiger partial charge in [-0.1, -0.05) is 12.8 Å². The number of rotatable bonds is 3. The van der Waals surface area contributed by atoms with Crippen molar-refractivity contribution in [3.8, 4) is 0 Å². The molecule has 0 radical (unpaired) electrons. The first-order valence-corrected chi connectivity index (χ1v) is 7.25. The molecule has 0 aromatic rings. The molecule has 3 nitrogen and oxygen atoms in total. The van der Waals surface area contributed by atoms with E-state index in [0.717, 1.165) is 25.9 Å². The second-order valence-electron chi connectivity index (χ2n) is 6.46. The van der Waals surface area contributed by atoms with E-state index >= 15 is 0 Å². The van der Waals surface area contributed by atoms with Crippen molar-refractivity contribution in [2.45, 2.75) is 63.1 Å². The van der Waals surface area contributed by atoms with Gasteiger partial charge in [-0.2, -0.15) is 0 Å². The monoisotopic (exact) mass is 239 g/mol. The van der Waals surface area contributed by atoms with Gasteiger partial charge in [0.2, 0.25) is 0 Å². The summed E-state index contributed by atoms with van der Waals surface area (Å²) in [4.78, 5) is 0. The van der Waals surface area contributed by atoms with Gasteiger partial charge in [-0.25, -0.2) is 0 Å². The van der Waals surface area contributed by atoms with Crippen LogP contribution in [-0.2, 0) is 4.74 Å². The van der Waals surface area contributed by atoms with Crippen LogP contribution >= 0.6 is 0 Å². The van der Waals surface area contributed by atoms with Gasteiger partial charge in [0, 0.05) is 12.0 Å². The molecule has 1 saturated carbocycles. The van der Waals surface area contributed by atoms with Crippen LogP contribution in [0, 0.1) is 5.41 Å². The van der Waals surface area contributed by atoms with Crippen LogP contribution in [-0.4, -0.2) is 36.5 Å². The van der Waals surface area contributed by atoms with E-state index in [-0.39, 0.29) is 11.0 Å². The van der Waals surface area contributed by atoms with E-state index in [1.807, 2.05) is 0 Å². The molecule has 2 saturated heterocycles. The first-order valence-electron chi connectivity index (χ1n) is 7.25. The number of hydrogen-bond acceptors (Lipinski definition) is 3. The van der Waals surface area contributed by atoms with E-state index in [1.165, 1.54) is 38.5 Å². The predicted molar refractivity (Wildman–Crippen MR) is 66.9 cm³/mol. The molecule has 1 spiro atoms. The zero-order chi connectivity index (χ0) is 11.8. The highest BCUT2D eigenvalue weighted by Crippen LogP contribution is 2.46. The largest absolute Gasteiger partial charge is 0.396 e. The molecule has 3 heteroatoms. The highest BCUT2D eigenvalue weighted by molar-refractivity contribution is 4.96. The fourth-order valence-corrected chi connectivity index (χ4v) is 4.08. The summed E-state index contributed by atoms with van der Waals surface area (Å²) in [7, 11) is 0. The Morgan fingerprint density at radius 3 is 2.65 bits per heavy atom. The van der Waals surface area contributed by atoms with Gasteiger partial charge in [0.25, 0.3) is 0 Å². The molecule has 17 heavy (non-hydrogen) atoms. The third-order valence-electron chi connectivity index (χ3n) is 5.18. The van der Waals surface area contributed by atoms with Crippen LogP contribution in [0.2, 0.25) is 0 Å². The highest BCUT2D eigenvalue weighted by Gasteiger charge is 2.45. The van der Waals surface area contributed by atoms with Crippen molar-refractivity contribution in [1.82, 2.24) is 5.32 Å². The average molecular weight is 239 g/mol. The van der Waals surface area contributed by atoms with Crippen LogP contribution in [0.3, 0.4) is 0 Å². The quantitative estimate of drug-likeness (QED) is 0.789. The molecule has 0 bridgehead atoms. The molecule has 3 fully saturated rings. The Hall–Kier alpha value is -0.120. The molecule has 2 unspecified atom stereocenters. The molecule has 3 rings (SSSR count). The summed E-state index contributed by atoms with van der Waals surface area (Å²) in [6, 6.07) is 0. The van der Waals surface area contributed by atoms with E-state index < -0.39 is 0 Å². The average Bonchev–Trinajstić information content (AvgIpc) is 3.04. The molecule has 98 valence electrons. The Labute approximate surface area is 104 Å². The van der Waals surface area contributed by atoms with E-state index in [0.29, 0.717) is 12.7 Å². The molecule has 2 N–H and O–H groups in total. The molecule has 0 aromatic carbocycles. The molecule has 1 aliphatic carbocycles. The second kappa shape index (κ2) is 4.52. The predicted octanol–water partition coefficient (Wildman–Crippen LogP) is 1.84. The summed E-state index contributed by atoms with van der Waals surface area (Å²) in [6.45, 7) is 2.33. The molecule has 2 aliphatic heterocycles. The van der Waals surface area contributed by atoms with E-state index in [9.17, 15) is 5.11 Å². The Balaban J connectivity index is 1.59. The van der Waals surface area contributed by atoms with Crippen LogP contribution in [0.5, 0.6) is 0 Å². The van der Waals surface area contributed by atoms with E-state index in [2.05, 4.69) is 5.32 Å². The Bertz CT molecular complexity index is 267. The van der Waals surface area contributed by atoms with Crippen molar-refractivity contribution in [3.05, 3.63) is 0 Å². The molecule has 0 amide bonds. The van der Waals surface area contributed by atoms with Gasteiger partial charge in [0.1, 0.15) is 0 Å². The molecular formula is C14H25NO2. The zero-order valence-electron chi connectivity index (χ0n) is 10.7. The minimum absolute atomic E-state index is 0.106. The first kappa shape index (κ1) is 11.9. The number of aliphatic hydroxyl groups is 1. The van der Waals surface area contributed by atoms with Crippen molar-refractivity contribution in [2.24, 2.45) is 5.41 Å². The van der Waals surface area contributed by atoms with Crippen molar-refractivity contribution in [2.75, 3.05) is 19.7 Å². The van der Waals surface area contributed by atoms with Crippen LogP contribution in [0.15, 0.2) is 0 Å². The van der Waals surface area contributed by atoms with Crippen LogP contribution in [0.1, 0.15) is 51.4 Å². The minimum atomic E-state index is 0.106.